The summed E-state index contributed by atoms with van der Waals surface area (Å²) in [6.45, 7) is 3.75. The van der Waals surface area contributed by atoms with Gasteiger partial charge in [0.05, 0.1) is 24.6 Å². The van der Waals surface area contributed by atoms with E-state index in [9.17, 15) is 19.2 Å². The Bertz CT molecular complexity index is 847. The van der Waals surface area contributed by atoms with Crippen molar-refractivity contribution >= 4 is 18.0 Å². The number of fused-ring (bicyclic) bond motifs is 1. The highest BCUT2D eigenvalue weighted by atomic mass is 19.1. The van der Waals surface area contributed by atoms with Gasteiger partial charge in [0.2, 0.25) is 0 Å². The molecule has 0 amide bonds. The van der Waals surface area contributed by atoms with E-state index in [0.717, 1.165) is 11.1 Å². The molecule has 0 spiro atoms. The minimum atomic E-state index is -0.525. The lowest BCUT2D eigenvalue weighted by Gasteiger charge is -2.14. The molecule has 1 aliphatic heterocycles. The van der Waals surface area contributed by atoms with Crippen LogP contribution < -0.4 is 0 Å². The summed E-state index contributed by atoms with van der Waals surface area (Å²) in [5.74, 6) is -0.823. The standard InChI is InChI=1S/C20H20FNO4/c1-12(5-7-18(23)25-3)4-6-15-14(8-9-21)13(2)17-11-26-20(24)19(17)16(15)10-22/h4,8-9H,5-7,11H2,1-3H3/b9-8?,12-4+. The van der Waals surface area contributed by atoms with Crippen LogP contribution in [0.4, 0.5) is 4.39 Å². The second-order valence-electron chi connectivity index (χ2n) is 6.06. The van der Waals surface area contributed by atoms with Crippen LogP contribution in [-0.4, -0.2) is 19.0 Å². The molecule has 1 aliphatic rings. The molecule has 1 aromatic rings. The van der Waals surface area contributed by atoms with Gasteiger partial charge in [0.1, 0.15) is 12.7 Å². The van der Waals surface area contributed by atoms with Crippen molar-refractivity contribution < 1.29 is 23.5 Å². The fourth-order valence-corrected chi connectivity index (χ4v) is 3.03. The molecule has 0 saturated heterocycles. The average Bonchev–Trinajstić information content (AvgIpc) is 3.02. The monoisotopic (exact) mass is 357 g/mol. The van der Waals surface area contributed by atoms with Crippen LogP contribution in [0, 0.1) is 18.3 Å². The Morgan fingerprint density at radius 1 is 1.42 bits per heavy atom. The highest BCUT2D eigenvalue weighted by molar-refractivity contribution is 5.98. The minimum Gasteiger partial charge on any atom is -0.469 e. The SMILES string of the molecule is COC(=O)CC/C(C)=C/Cc1c(C#N)c2c(c(C)c1C=CF)COC2=O. The molecule has 136 valence electrons. The predicted molar refractivity (Wildman–Crippen MR) is 93.9 cm³/mol. The second-order valence-corrected chi connectivity index (χ2v) is 6.06. The van der Waals surface area contributed by atoms with E-state index in [2.05, 4.69) is 10.8 Å². The van der Waals surface area contributed by atoms with Crippen molar-refractivity contribution in [2.75, 3.05) is 7.11 Å². The molecule has 0 unspecified atom stereocenters. The smallest absolute Gasteiger partial charge is 0.340 e. The number of nitriles is 1. The van der Waals surface area contributed by atoms with Gasteiger partial charge in [-0.25, -0.2) is 9.18 Å². The van der Waals surface area contributed by atoms with Crippen LogP contribution in [0.3, 0.4) is 0 Å². The summed E-state index contributed by atoms with van der Waals surface area (Å²) in [5.41, 5.74) is 3.96. The summed E-state index contributed by atoms with van der Waals surface area (Å²) >= 11 is 0. The molecule has 2 rings (SSSR count). The van der Waals surface area contributed by atoms with Crippen LogP contribution in [0.2, 0.25) is 0 Å². The van der Waals surface area contributed by atoms with Crippen molar-refractivity contribution in [1.82, 2.24) is 0 Å². The maximum absolute atomic E-state index is 12.9. The number of allylic oxidation sites excluding steroid dienone is 2. The van der Waals surface area contributed by atoms with Crippen molar-refractivity contribution in [3.05, 3.63) is 51.4 Å². The van der Waals surface area contributed by atoms with E-state index in [1.807, 2.05) is 13.0 Å². The van der Waals surface area contributed by atoms with Crippen molar-refractivity contribution in [2.45, 2.75) is 39.7 Å². The van der Waals surface area contributed by atoms with E-state index in [1.165, 1.54) is 13.2 Å². The fourth-order valence-electron chi connectivity index (χ4n) is 3.03. The molecule has 1 heterocycles. The Morgan fingerprint density at radius 2 is 2.15 bits per heavy atom. The predicted octanol–water partition coefficient (Wildman–Crippen LogP) is 3.92. The van der Waals surface area contributed by atoms with Crippen LogP contribution in [0.25, 0.3) is 6.08 Å². The van der Waals surface area contributed by atoms with Gasteiger partial charge in [-0.3, -0.25) is 4.79 Å². The number of rotatable bonds is 6. The van der Waals surface area contributed by atoms with Gasteiger partial charge in [-0.2, -0.15) is 5.26 Å². The maximum atomic E-state index is 12.9. The van der Waals surface area contributed by atoms with Crippen LogP contribution >= 0.6 is 0 Å². The van der Waals surface area contributed by atoms with Crippen LogP contribution in [0.5, 0.6) is 0 Å². The van der Waals surface area contributed by atoms with Crippen molar-refractivity contribution in [3.63, 3.8) is 0 Å². The molecule has 5 nitrogen and oxygen atoms in total. The van der Waals surface area contributed by atoms with Crippen molar-refractivity contribution in [1.29, 1.82) is 5.26 Å². The van der Waals surface area contributed by atoms with Gasteiger partial charge in [-0.15, -0.1) is 0 Å². The Labute approximate surface area is 151 Å². The van der Waals surface area contributed by atoms with Crippen molar-refractivity contribution in [2.24, 2.45) is 0 Å². The molecular weight excluding hydrogens is 337 g/mol. The number of methoxy groups -OCH3 is 1. The fraction of sp³-hybridized carbons (Fsp3) is 0.350. The molecule has 0 aromatic heterocycles. The molecule has 26 heavy (non-hydrogen) atoms. The molecule has 0 N–H and O–H groups in total. The lowest BCUT2D eigenvalue weighted by atomic mass is 9.86. The zero-order valence-corrected chi connectivity index (χ0v) is 15.0. The topological polar surface area (TPSA) is 76.4 Å². The highest BCUT2D eigenvalue weighted by Gasteiger charge is 2.30. The first-order valence-corrected chi connectivity index (χ1v) is 8.19. The first kappa shape index (κ1) is 19.4. The largest absolute Gasteiger partial charge is 0.469 e. The van der Waals surface area contributed by atoms with Crippen LogP contribution in [0.1, 0.15) is 57.9 Å². The van der Waals surface area contributed by atoms with E-state index in [1.54, 1.807) is 6.92 Å². The number of esters is 2. The Kier molecular flexibility index (Phi) is 6.29. The lowest BCUT2D eigenvalue weighted by molar-refractivity contribution is -0.140. The number of carbonyl (C=O) groups excluding carboxylic acids is 2. The normalized spacial score (nSPS) is 13.5. The highest BCUT2D eigenvalue weighted by Crippen LogP contribution is 2.34. The second kappa shape index (κ2) is 8.43. The zero-order chi connectivity index (χ0) is 19.3. The number of carbonyl (C=O) groups is 2. The Balaban J connectivity index is 2.46. The quantitative estimate of drug-likeness (QED) is 0.570. The van der Waals surface area contributed by atoms with Gasteiger partial charge >= 0.3 is 11.9 Å². The number of benzene rings is 1. The van der Waals surface area contributed by atoms with Gasteiger partial charge in [-0.05, 0) is 49.5 Å². The van der Waals surface area contributed by atoms with E-state index in [4.69, 9.17) is 4.74 Å². The van der Waals surface area contributed by atoms with Gasteiger partial charge in [0, 0.05) is 12.0 Å². The van der Waals surface area contributed by atoms with Gasteiger partial charge in [-0.1, -0.05) is 11.6 Å². The summed E-state index contributed by atoms with van der Waals surface area (Å²) in [6.07, 6.45) is 4.72. The molecule has 0 atom stereocenters. The maximum Gasteiger partial charge on any atom is 0.340 e. The third-order valence-electron chi connectivity index (χ3n) is 4.53. The molecule has 0 saturated carbocycles. The van der Waals surface area contributed by atoms with Gasteiger partial charge < -0.3 is 9.47 Å². The summed E-state index contributed by atoms with van der Waals surface area (Å²) in [4.78, 5) is 23.3. The third-order valence-corrected chi connectivity index (χ3v) is 4.53. The van der Waals surface area contributed by atoms with E-state index < -0.39 is 5.97 Å². The number of ether oxygens (including phenoxy) is 2. The average molecular weight is 357 g/mol. The van der Waals surface area contributed by atoms with E-state index in [0.29, 0.717) is 35.9 Å². The van der Waals surface area contributed by atoms with Crippen LogP contribution in [-0.2, 0) is 27.3 Å². The zero-order valence-electron chi connectivity index (χ0n) is 15.0. The number of halogens is 1. The molecule has 0 fully saturated rings. The lowest BCUT2D eigenvalue weighted by Crippen LogP contribution is -2.07. The van der Waals surface area contributed by atoms with E-state index in [-0.39, 0.29) is 30.1 Å². The minimum absolute atomic E-state index is 0.0933. The molecule has 0 radical (unpaired) electrons. The summed E-state index contributed by atoms with van der Waals surface area (Å²) in [7, 11) is 1.34. The van der Waals surface area contributed by atoms with Gasteiger partial charge in [0.25, 0.3) is 0 Å². The summed E-state index contributed by atoms with van der Waals surface area (Å²) in [6, 6.07) is 2.07. The number of cyclic esters (lactones) is 1. The molecule has 0 bridgehead atoms. The Hall–Kier alpha value is -2.94. The first-order chi connectivity index (χ1) is 12.4. The number of nitrogens with zero attached hydrogens (tertiary/aromatic N) is 1. The first-order valence-electron chi connectivity index (χ1n) is 8.19. The molecule has 6 heteroatoms. The summed E-state index contributed by atoms with van der Waals surface area (Å²) in [5, 5.41) is 9.60. The number of hydrogen-bond acceptors (Lipinski definition) is 5. The van der Waals surface area contributed by atoms with Crippen LogP contribution in [0.15, 0.2) is 18.0 Å². The molecular formula is C20H20FNO4. The third kappa shape index (κ3) is 3.83. The van der Waals surface area contributed by atoms with Gasteiger partial charge in [0.15, 0.2) is 0 Å². The van der Waals surface area contributed by atoms with E-state index >= 15 is 0 Å². The molecule has 1 aromatic carbocycles. The molecule has 0 aliphatic carbocycles. The Morgan fingerprint density at radius 3 is 2.77 bits per heavy atom. The number of hydrogen-bond donors (Lipinski definition) is 0. The van der Waals surface area contributed by atoms with Crippen molar-refractivity contribution in [3.8, 4) is 6.07 Å². The summed E-state index contributed by atoms with van der Waals surface area (Å²) < 4.78 is 22.6.